The highest BCUT2D eigenvalue weighted by atomic mass is 32.2. The average Bonchev–Trinajstić information content (AvgIpc) is 3.39. The summed E-state index contributed by atoms with van der Waals surface area (Å²) >= 11 is 0. The van der Waals surface area contributed by atoms with Gasteiger partial charge in [0.1, 0.15) is 5.82 Å². The number of pyridine rings is 1. The van der Waals surface area contributed by atoms with E-state index in [0.29, 0.717) is 40.1 Å². The van der Waals surface area contributed by atoms with Crippen molar-refractivity contribution in [1.29, 1.82) is 0 Å². The predicted molar refractivity (Wildman–Crippen MR) is 134 cm³/mol. The van der Waals surface area contributed by atoms with Crippen molar-refractivity contribution in [1.82, 2.24) is 23.5 Å². The summed E-state index contributed by atoms with van der Waals surface area (Å²) < 4.78 is 43.2. The van der Waals surface area contributed by atoms with Crippen molar-refractivity contribution in [2.45, 2.75) is 25.6 Å². The molecule has 5 aromatic rings. The SMILES string of the molecule is CC(C)S(=O)(=O)n1c(N)nc2ccc(-c3c(-c4cccc(F)c4)ncn3Cc3cccnc3)cc21. The van der Waals surface area contributed by atoms with Gasteiger partial charge >= 0.3 is 0 Å². The number of aromatic nitrogens is 5. The number of halogens is 1. The lowest BCUT2D eigenvalue weighted by atomic mass is 10.0. The van der Waals surface area contributed by atoms with Crippen molar-refractivity contribution in [2.75, 3.05) is 5.73 Å². The van der Waals surface area contributed by atoms with Gasteiger partial charge in [0, 0.05) is 23.5 Å². The lowest BCUT2D eigenvalue weighted by Crippen LogP contribution is -2.23. The number of nitrogens with zero attached hydrogens (tertiary/aromatic N) is 5. The predicted octanol–water partition coefficient (Wildman–Crippen LogP) is 4.32. The van der Waals surface area contributed by atoms with Gasteiger partial charge in [-0.05, 0) is 49.7 Å². The van der Waals surface area contributed by atoms with Crippen LogP contribution >= 0.6 is 0 Å². The molecular formula is C25H23FN6O2S. The van der Waals surface area contributed by atoms with E-state index >= 15 is 0 Å². The molecule has 0 spiro atoms. The topological polar surface area (TPSA) is 109 Å². The van der Waals surface area contributed by atoms with Crippen LogP contribution in [0.1, 0.15) is 19.4 Å². The van der Waals surface area contributed by atoms with Crippen LogP contribution < -0.4 is 5.73 Å². The second kappa shape index (κ2) is 8.62. The number of hydrogen-bond donors (Lipinski definition) is 1. The number of rotatable bonds is 6. The number of benzene rings is 2. The molecule has 3 aromatic heterocycles. The number of imidazole rings is 2. The maximum atomic E-state index is 14.1. The number of anilines is 1. The molecule has 0 amide bonds. The minimum absolute atomic E-state index is 0.0972. The van der Waals surface area contributed by atoms with E-state index in [1.807, 2.05) is 22.8 Å². The number of fused-ring (bicyclic) bond motifs is 1. The van der Waals surface area contributed by atoms with Crippen LogP contribution in [0.2, 0.25) is 0 Å². The molecule has 0 fully saturated rings. The Morgan fingerprint density at radius 1 is 1.06 bits per heavy atom. The molecular weight excluding hydrogens is 467 g/mol. The third kappa shape index (κ3) is 4.06. The summed E-state index contributed by atoms with van der Waals surface area (Å²) in [4.78, 5) is 13.0. The zero-order valence-electron chi connectivity index (χ0n) is 19.1. The summed E-state index contributed by atoms with van der Waals surface area (Å²) in [7, 11) is -3.75. The Labute approximate surface area is 202 Å². The molecule has 35 heavy (non-hydrogen) atoms. The second-order valence-corrected chi connectivity index (χ2v) is 10.8. The van der Waals surface area contributed by atoms with Crippen LogP contribution in [0.25, 0.3) is 33.5 Å². The molecule has 0 unspecified atom stereocenters. The van der Waals surface area contributed by atoms with Gasteiger partial charge in [-0.2, -0.15) is 0 Å². The van der Waals surface area contributed by atoms with Crippen LogP contribution in [0.5, 0.6) is 0 Å². The van der Waals surface area contributed by atoms with E-state index in [0.717, 1.165) is 9.54 Å². The fourth-order valence-corrected chi connectivity index (χ4v) is 5.18. The Balaban J connectivity index is 1.75. The van der Waals surface area contributed by atoms with E-state index in [9.17, 15) is 12.8 Å². The summed E-state index contributed by atoms with van der Waals surface area (Å²) in [6.07, 6.45) is 5.15. The van der Waals surface area contributed by atoms with Gasteiger partial charge < -0.3 is 10.3 Å². The molecule has 0 atom stereocenters. The highest BCUT2D eigenvalue weighted by Crippen LogP contribution is 2.34. The minimum Gasteiger partial charge on any atom is -0.368 e. The van der Waals surface area contributed by atoms with E-state index in [2.05, 4.69) is 15.0 Å². The number of hydrogen-bond acceptors (Lipinski definition) is 6. The van der Waals surface area contributed by atoms with E-state index in [4.69, 9.17) is 5.73 Å². The second-order valence-electron chi connectivity index (χ2n) is 8.47. The van der Waals surface area contributed by atoms with Crippen molar-refractivity contribution in [3.8, 4) is 22.5 Å². The maximum Gasteiger partial charge on any atom is 0.244 e. The summed E-state index contributed by atoms with van der Waals surface area (Å²) in [5, 5.41) is -0.690. The van der Waals surface area contributed by atoms with Crippen molar-refractivity contribution in [2.24, 2.45) is 0 Å². The van der Waals surface area contributed by atoms with E-state index in [1.165, 1.54) is 12.1 Å². The molecule has 0 saturated heterocycles. The molecule has 0 radical (unpaired) electrons. The van der Waals surface area contributed by atoms with Gasteiger partial charge in [-0.1, -0.05) is 24.3 Å². The molecule has 10 heteroatoms. The van der Waals surface area contributed by atoms with E-state index in [1.54, 1.807) is 56.8 Å². The molecule has 0 bridgehead atoms. The van der Waals surface area contributed by atoms with Crippen LogP contribution in [0.3, 0.4) is 0 Å². The Bertz CT molecular complexity index is 1640. The van der Waals surface area contributed by atoms with Gasteiger partial charge in [-0.25, -0.2) is 26.7 Å². The molecule has 0 aliphatic heterocycles. The van der Waals surface area contributed by atoms with Crippen LogP contribution in [0, 0.1) is 5.82 Å². The summed E-state index contributed by atoms with van der Waals surface area (Å²) in [5.41, 5.74) is 10.4. The van der Waals surface area contributed by atoms with Gasteiger partial charge in [0.05, 0.1) is 40.5 Å². The Kier molecular flexibility index (Phi) is 5.60. The third-order valence-electron chi connectivity index (χ3n) is 5.77. The zero-order chi connectivity index (χ0) is 24.7. The summed E-state index contributed by atoms with van der Waals surface area (Å²) in [5.74, 6) is -0.473. The highest BCUT2D eigenvalue weighted by molar-refractivity contribution is 7.90. The normalized spacial score (nSPS) is 12.0. The Morgan fingerprint density at radius 2 is 1.89 bits per heavy atom. The molecule has 0 aliphatic rings. The van der Waals surface area contributed by atoms with Crippen molar-refractivity contribution in [3.05, 3.63) is 84.7 Å². The van der Waals surface area contributed by atoms with Crippen LogP contribution in [0.15, 0.2) is 73.3 Å². The average molecular weight is 491 g/mol. The van der Waals surface area contributed by atoms with Crippen LogP contribution in [-0.4, -0.2) is 37.2 Å². The van der Waals surface area contributed by atoms with E-state index < -0.39 is 15.3 Å². The standard InChI is InChI=1S/C25H23FN6O2S/c1-16(2)35(33,34)32-22-12-19(8-9-21(22)30-25(32)27)24-23(18-6-3-7-20(26)11-18)29-15-31(24)14-17-5-4-10-28-13-17/h3-13,15-16H,14H2,1-2H3,(H2,27,30). The molecule has 2 N–H and O–H groups in total. The fraction of sp³-hybridized carbons (Fsp3) is 0.160. The van der Waals surface area contributed by atoms with Crippen LogP contribution in [0.4, 0.5) is 10.3 Å². The largest absolute Gasteiger partial charge is 0.368 e. The Hall–Kier alpha value is -4.05. The minimum atomic E-state index is -3.75. The van der Waals surface area contributed by atoms with E-state index in [-0.39, 0.29) is 11.8 Å². The van der Waals surface area contributed by atoms with Crippen molar-refractivity contribution >= 4 is 27.0 Å². The van der Waals surface area contributed by atoms with Crippen molar-refractivity contribution in [3.63, 3.8) is 0 Å². The smallest absolute Gasteiger partial charge is 0.244 e. The first-order valence-electron chi connectivity index (χ1n) is 11.0. The van der Waals surface area contributed by atoms with Crippen molar-refractivity contribution < 1.29 is 12.8 Å². The first-order valence-corrected chi connectivity index (χ1v) is 12.5. The quantitative estimate of drug-likeness (QED) is 0.380. The number of nitrogen functional groups attached to an aromatic ring is 1. The molecule has 0 aliphatic carbocycles. The zero-order valence-corrected chi connectivity index (χ0v) is 19.9. The summed E-state index contributed by atoms with van der Waals surface area (Å²) in [6.45, 7) is 3.65. The van der Waals surface area contributed by atoms with Gasteiger partial charge in [-0.3, -0.25) is 4.98 Å². The Morgan fingerprint density at radius 3 is 2.60 bits per heavy atom. The molecule has 8 nitrogen and oxygen atoms in total. The lowest BCUT2D eigenvalue weighted by Gasteiger charge is -2.13. The molecule has 0 saturated carbocycles. The van der Waals surface area contributed by atoms with Gasteiger partial charge in [0.15, 0.2) is 0 Å². The first kappa shape index (κ1) is 22.7. The monoisotopic (exact) mass is 490 g/mol. The summed E-state index contributed by atoms with van der Waals surface area (Å²) in [6, 6.07) is 15.3. The third-order valence-corrected chi connectivity index (χ3v) is 7.86. The van der Waals surface area contributed by atoms with Gasteiger partial charge in [0.25, 0.3) is 0 Å². The number of nitrogens with two attached hydrogens (primary N) is 1. The first-order chi connectivity index (χ1) is 16.8. The maximum absolute atomic E-state index is 14.1. The molecule has 2 aromatic carbocycles. The highest BCUT2D eigenvalue weighted by Gasteiger charge is 2.25. The molecule has 5 rings (SSSR count). The van der Waals surface area contributed by atoms with Crippen LogP contribution in [-0.2, 0) is 16.6 Å². The molecule has 3 heterocycles. The fourth-order valence-electron chi connectivity index (χ4n) is 4.04. The lowest BCUT2D eigenvalue weighted by molar-refractivity contribution is 0.580. The van der Waals surface area contributed by atoms with Gasteiger partial charge in [0.2, 0.25) is 16.0 Å². The molecule has 178 valence electrons. The van der Waals surface area contributed by atoms with Gasteiger partial charge in [-0.15, -0.1) is 0 Å².